The topological polar surface area (TPSA) is 9.23 Å². The van der Waals surface area contributed by atoms with Crippen LogP contribution in [-0.2, 0) is 0 Å². The predicted octanol–water partition coefficient (Wildman–Crippen LogP) is 11.9. The molecule has 1 aliphatic heterocycles. The smallest absolute Gasteiger partial charge is 0.135 e. The van der Waals surface area contributed by atoms with Crippen LogP contribution in [0, 0.1) is 0 Å². The molecule has 200 valence electrons. The molecule has 1 aliphatic rings. The summed E-state index contributed by atoms with van der Waals surface area (Å²) < 4.78 is 6.59. The number of fused-ring (bicyclic) bond motifs is 4. The van der Waals surface area contributed by atoms with Gasteiger partial charge in [-0.1, -0.05) is 146 Å². The molecule has 0 spiro atoms. The second kappa shape index (κ2) is 9.44. The Labute approximate surface area is 250 Å². The van der Waals surface area contributed by atoms with E-state index in [2.05, 4.69) is 158 Å². The number of rotatable bonds is 3. The van der Waals surface area contributed by atoms with Crippen molar-refractivity contribution >= 4 is 32.3 Å². The predicted molar refractivity (Wildman–Crippen MR) is 181 cm³/mol. The molecule has 0 amide bonds. The molecule has 0 bridgehead atoms. The van der Waals surface area contributed by atoms with Crippen LogP contribution in [0.5, 0.6) is 11.5 Å². The molecule has 0 saturated heterocycles. The van der Waals surface area contributed by atoms with Crippen molar-refractivity contribution < 1.29 is 4.74 Å². The Morgan fingerprint density at radius 3 is 1.49 bits per heavy atom. The molecule has 0 aliphatic carbocycles. The number of hydrogen-bond donors (Lipinski definition) is 0. The van der Waals surface area contributed by atoms with Crippen LogP contribution in [-0.4, -0.2) is 0 Å². The normalized spacial score (nSPS) is 11.9. The van der Waals surface area contributed by atoms with Crippen LogP contribution in [0.1, 0.15) is 0 Å². The van der Waals surface area contributed by atoms with E-state index in [0.717, 1.165) is 17.1 Å². The largest absolute Gasteiger partial charge is 0.456 e. The molecule has 0 saturated carbocycles. The molecule has 0 unspecified atom stereocenters. The highest BCUT2D eigenvalue weighted by molar-refractivity contribution is 6.24. The zero-order valence-electron chi connectivity index (χ0n) is 23.4. The first-order valence-corrected chi connectivity index (χ1v) is 14.8. The van der Waals surface area contributed by atoms with Crippen molar-refractivity contribution in [1.29, 1.82) is 0 Å². The molecule has 1 heterocycles. The zero-order valence-corrected chi connectivity index (χ0v) is 23.4. The molecule has 0 radical (unpaired) electrons. The minimum atomic E-state index is 0.898. The van der Waals surface area contributed by atoms with Gasteiger partial charge in [0.15, 0.2) is 0 Å². The van der Waals surface area contributed by atoms with Crippen molar-refractivity contribution in [3.05, 3.63) is 158 Å². The maximum atomic E-state index is 6.59. The molecule has 0 atom stereocenters. The monoisotopic (exact) mass is 546 g/mol. The summed E-state index contributed by atoms with van der Waals surface area (Å²) in [5.74, 6) is 1.82. The molecule has 9 rings (SSSR count). The Kier molecular flexibility index (Phi) is 5.27. The fourth-order valence-electron chi connectivity index (χ4n) is 7.10. The lowest BCUT2D eigenvalue weighted by molar-refractivity contribution is 0.487. The van der Waals surface area contributed by atoms with Crippen LogP contribution in [0.25, 0.3) is 76.8 Å². The van der Waals surface area contributed by atoms with Gasteiger partial charge in [-0.2, -0.15) is 0 Å². The first-order valence-electron chi connectivity index (χ1n) is 14.8. The Morgan fingerprint density at radius 1 is 0.302 bits per heavy atom. The van der Waals surface area contributed by atoms with Crippen molar-refractivity contribution in [2.45, 2.75) is 0 Å². The molecular weight excluding hydrogens is 520 g/mol. The maximum Gasteiger partial charge on any atom is 0.135 e. The summed E-state index contributed by atoms with van der Waals surface area (Å²) in [6.45, 7) is 0. The molecule has 0 fully saturated rings. The lowest BCUT2D eigenvalue weighted by atomic mass is 9.81. The molecule has 8 aromatic carbocycles. The van der Waals surface area contributed by atoms with Gasteiger partial charge in [-0.25, -0.2) is 0 Å². The first kappa shape index (κ1) is 24.0. The number of benzene rings is 8. The van der Waals surface area contributed by atoms with Crippen LogP contribution in [0.4, 0.5) is 0 Å². The summed E-state index contributed by atoms with van der Waals surface area (Å²) in [4.78, 5) is 0. The Morgan fingerprint density at radius 2 is 0.791 bits per heavy atom. The van der Waals surface area contributed by atoms with Crippen LogP contribution in [0.2, 0.25) is 0 Å². The average Bonchev–Trinajstić information content (AvgIpc) is 3.07. The summed E-state index contributed by atoms with van der Waals surface area (Å²) in [6, 6.07) is 56.7. The third-order valence-electron chi connectivity index (χ3n) is 8.86. The maximum absolute atomic E-state index is 6.59. The minimum absolute atomic E-state index is 0.898. The molecule has 43 heavy (non-hydrogen) atoms. The summed E-state index contributed by atoms with van der Waals surface area (Å²) in [6.07, 6.45) is 0. The first-order chi connectivity index (χ1) is 21.4. The molecule has 1 nitrogen and oxygen atoms in total. The zero-order chi connectivity index (χ0) is 28.3. The number of ether oxygens (including phenoxy) is 1. The fourth-order valence-corrected chi connectivity index (χ4v) is 7.10. The van der Waals surface area contributed by atoms with Crippen LogP contribution < -0.4 is 4.74 Å². The van der Waals surface area contributed by atoms with E-state index in [9.17, 15) is 0 Å². The summed E-state index contributed by atoms with van der Waals surface area (Å²) in [5.41, 5.74) is 9.76. The van der Waals surface area contributed by atoms with Gasteiger partial charge in [0.05, 0.1) is 0 Å². The molecule has 8 aromatic rings. The van der Waals surface area contributed by atoms with Gasteiger partial charge in [0.25, 0.3) is 0 Å². The van der Waals surface area contributed by atoms with E-state index in [1.807, 2.05) is 0 Å². The van der Waals surface area contributed by atoms with E-state index < -0.39 is 0 Å². The second-order valence-corrected chi connectivity index (χ2v) is 11.2. The van der Waals surface area contributed by atoms with E-state index in [-0.39, 0.29) is 0 Å². The van der Waals surface area contributed by atoms with Crippen LogP contribution in [0.3, 0.4) is 0 Å². The molecule has 1 heteroatoms. The van der Waals surface area contributed by atoms with Gasteiger partial charge in [-0.05, 0) is 78.0 Å². The van der Waals surface area contributed by atoms with Gasteiger partial charge in [0, 0.05) is 10.9 Å². The SMILES string of the molecule is c1ccc(-c2ccccc2-c2c3ccccc3c(-c3cccc4c3-c3cccc5cccc(c35)O4)c3ccccc23)cc1. The van der Waals surface area contributed by atoms with Crippen LogP contribution in [0.15, 0.2) is 158 Å². The van der Waals surface area contributed by atoms with Crippen molar-refractivity contribution in [1.82, 2.24) is 0 Å². The number of hydrogen-bond acceptors (Lipinski definition) is 1. The van der Waals surface area contributed by atoms with Gasteiger partial charge >= 0.3 is 0 Å². The van der Waals surface area contributed by atoms with Crippen molar-refractivity contribution in [3.63, 3.8) is 0 Å². The van der Waals surface area contributed by atoms with Crippen molar-refractivity contribution in [2.24, 2.45) is 0 Å². The van der Waals surface area contributed by atoms with E-state index in [4.69, 9.17) is 4.74 Å². The second-order valence-electron chi connectivity index (χ2n) is 11.2. The Balaban J connectivity index is 1.41. The van der Waals surface area contributed by atoms with E-state index in [1.165, 1.54) is 71.3 Å². The van der Waals surface area contributed by atoms with Crippen LogP contribution >= 0.6 is 0 Å². The molecule has 0 N–H and O–H groups in total. The van der Waals surface area contributed by atoms with E-state index >= 15 is 0 Å². The summed E-state index contributed by atoms with van der Waals surface area (Å²) in [7, 11) is 0. The fraction of sp³-hybridized carbons (Fsp3) is 0. The molecular formula is C42H26O. The third-order valence-corrected chi connectivity index (χ3v) is 8.86. The van der Waals surface area contributed by atoms with Crippen molar-refractivity contribution in [2.75, 3.05) is 0 Å². The highest BCUT2D eigenvalue weighted by Gasteiger charge is 2.26. The lowest BCUT2D eigenvalue weighted by Gasteiger charge is -2.25. The average molecular weight is 547 g/mol. The third kappa shape index (κ3) is 3.58. The van der Waals surface area contributed by atoms with Gasteiger partial charge in [0.2, 0.25) is 0 Å². The van der Waals surface area contributed by atoms with Gasteiger partial charge in [0.1, 0.15) is 11.5 Å². The highest BCUT2D eigenvalue weighted by Crippen LogP contribution is 2.53. The van der Waals surface area contributed by atoms with Gasteiger partial charge in [-0.15, -0.1) is 0 Å². The lowest BCUT2D eigenvalue weighted by Crippen LogP contribution is -2.00. The molecule has 0 aromatic heterocycles. The summed E-state index contributed by atoms with van der Waals surface area (Å²) >= 11 is 0. The van der Waals surface area contributed by atoms with E-state index in [0.29, 0.717) is 0 Å². The van der Waals surface area contributed by atoms with Gasteiger partial charge < -0.3 is 4.74 Å². The summed E-state index contributed by atoms with van der Waals surface area (Å²) in [5, 5.41) is 7.32. The standard InChI is InChI=1S/C42H26O/c1-2-13-27(14-3-1)29-17-4-5-18-30(29)40-31-19-6-8-21-33(31)41(34-22-9-7-20-32(34)40)36-24-12-26-38-42(36)35-23-10-15-28-16-11-25-37(43-38)39(28)35/h1-26H. The minimum Gasteiger partial charge on any atom is -0.456 e. The van der Waals surface area contributed by atoms with Crippen molar-refractivity contribution in [3.8, 4) is 56.0 Å². The Bertz CT molecular complexity index is 2300. The highest BCUT2D eigenvalue weighted by atomic mass is 16.5. The quantitative estimate of drug-likeness (QED) is 0.200. The van der Waals surface area contributed by atoms with E-state index in [1.54, 1.807) is 0 Å². The van der Waals surface area contributed by atoms with Gasteiger partial charge in [-0.3, -0.25) is 0 Å². The Hall–Kier alpha value is -5.66.